The van der Waals surface area contributed by atoms with E-state index >= 15 is 0 Å². The molecule has 3 heterocycles. The summed E-state index contributed by atoms with van der Waals surface area (Å²) in [4.78, 5) is 4.42. The number of hydrogen-bond donors (Lipinski definition) is 1. The molecule has 2 aliphatic rings. The third-order valence-corrected chi connectivity index (χ3v) is 6.22. The molecule has 3 aromatic carbocycles. The number of rotatable bonds is 4. The Kier molecular flexibility index (Phi) is 4.72. The van der Waals surface area contributed by atoms with Crippen LogP contribution in [0.15, 0.2) is 78.6 Å². The van der Waals surface area contributed by atoms with E-state index in [2.05, 4.69) is 15.4 Å². The molecular weight excluding hydrogens is 435 g/mol. The minimum Gasteiger partial charge on any atom is -0.493 e. The molecule has 170 valence electrons. The van der Waals surface area contributed by atoms with Gasteiger partial charge >= 0.3 is 0 Å². The highest BCUT2D eigenvalue weighted by atomic mass is 19.1. The Balaban J connectivity index is 1.64. The van der Waals surface area contributed by atoms with Gasteiger partial charge in [0.1, 0.15) is 23.9 Å². The maximum absolute atomic E-state index is 13.8. The normalized spacial score (nSPS) is 18.2. The number of benzene rings is 3. The molecule has 0 saturated carbocycles. The van der Waals surface area contributed by atoms with Gasteiger partial charge < -0.3 is 19.5 Å². The van der Waals surface area contributed by atoms with Crippen molar-refractivity contribution in [2.24, 2.45) is 0 Å². The lowest BCUT2D eigenvalue weighted by molar-refractivity contribution is 0.216. The molecule has 8 heteroatoms. The maximum atomic E-state index is 13.8. The number of nitrogens with one attached hydrogen (secondary N) is 1. The van der Waals surface area contributed by atoms with Gasteiger partial charge in [-0.05, 0) is 35.9 Å². The summed E-state index contributed by atoms with van der Waals surface area (Å²) in [5.41, 5.74) is 4.37. The lowest BCUT2D eigenvalue weighted by atomic mass is 9.84. The molecule has 2 atom stereocenters. The van der Waals surface area contributed by atoms with Gasteiger partial charge in [0.2, 0.25) is 5.95 Å². The number of hydrogen-bond acceptors (Lipinski definition) is 6. The summed E-state index contributed by atoms with van der Waals surface area (Å²) in [5, 5.41) is 7.95. The molecule has 6 rings (SSSR count). The van der Waals surface area contributed by atoms with Crippen molar-refractivity contribution in [1.82, 2.24) is 14.8 Å². The monoisotopic (exact) mass is 456 g/mol. The average molecular weight is 456 g/mol. The van der Waals surface area contributed by atoms with Crippen LogP contribution < -0.4 is 19.5 Å². The van der Waals surface area contributed by atoms with Crippen molar-refractivity contribution >= 4 is 11.6 Å². The molecule has 0 fully saturated rings. The number of para-hydroxylation sites is 2. The Morgan fingerprint density at radius 2 is 1.79 bits per heavy atom. The molecule has 0 bridgehead atoms. The van der Waals surface area contributed by atoms with Crippen molar-refractivity contribution in [2.75, 3.05) is 19.5 Å². The molecule has 1 N–H and O–H groups in total. The van der Waals surface area contributed by atoms with E-state index in [1.165, 1.54) is 18.5 Å². The molecule has 0 saturated heterocycles. The first-order valence-corrected chi connectivity index (χ1v) is 10.8. The van der Waals surface area contributed by atoms with E-state index in [1.54, 1.807) is 31.0 Å². The number of aromatic nitrogens is 3. The quantitative estimate of drug-likeness (QED) is 0.466. The summed E-state index contributed by atoms with van der Waals surface area (Å²) in [6.07, 6.45) is 0.973. The SMILES string of the molecule is COc1cccc(C2Oc3ccccc3C3=C2C(c2ccc(F)cc2)n2ncnc2N3)c1OC. The molecule has 1 aromatic heterocycles. The summed E-state index contributed by atoms with van der Waals surface area (Å²) in [7, 11) is 3.22. The van der Waals surface area contributed by atoms with Crippen molar-refractivity contribution in [3.8, 4) is 17.2 Å². The van der Waals surface area contributed by atoms with Crippen LogP contribution in [0.25, 0.3) is 5.70 Å². The van der Waals surface area contributed by atoms with Crippen LogP contribution in [-0.2, 0) is 0 Å². The van der Waals surface area contributed by atoms with Gasteiger partial charge in [-0.1, -0.05) is 36.4 Å². The van der Waals surface area contributed by atoms with E-state index in [-0.39, 0.29) is 11.9 Å². The predicted molar refractivity (Wildman–Crippen MR) is 124 cm³/mol. The highest BCUT2D eigenvalue weighted by Gasteiger charge is 2.42. The zero-order chi connectivity index (χ0) is 23.2. The minimum atomic E-state index is -0.533. The van der Waals surface area contributed by atoms with E-state index in [0.717, 1.165) is 33.7 Å². The highest BCUT2D eigenvalue weighted by Crippen LogP contribution is 2.52. The van der Waals surface area contributed by atoms with Crippen molar-refractivity contribution in [3.63, 3.8) is 0 Å². The van der Waals surface area contributed by atoms with Crippen LogP contribution in [0, 0.1) is 5.82 Å². The van der Waals surface area contributed by atoms with Gasteiger partial charge in [-0.3, -0.25) is 0 Å². The van der Waals surface area contributed by atoms with Gasteiger partial charge in [-0.2, -0.15) is 10.1 Å². The van der Waals surface area contributed by atoms with Crippen LogP contribution in [0.3, 0.4) is 0 Å². The standard InChI is InChI=1S/C26H21FN4O3/c1-32-20-9-5-7-18(24(20)33-2)25-21-22(17-6-3-4-8-19(17)34-25)30-26-28-14-29-31(26)23(21)15-10-12-16(27)13-11-15/h3-14,23,25H,1-2H3,(H,28,29,30). The fourth-order valence-electron chi connectivity index (χ4n) is 4.76. The molecule has 0 amide bonds. The molecule has 0 aliphatic carbocycles. The zero-order valence-electron chi connectivity index (χ0n) is 18.5. The first-order valence-electron chi connectivity index (χ1n) is 10.8. The van der Waals surface area contributed by atoms with Gasteiger partial charge in [0.15, 0.2) is 17.6 Å². The van der Waals surface area contributed by atoms with Gasteiger partial charge in [-0.25, -0.2) is 9.07 Å². The van der Waals surface area contributed by atoms with Crippen molar-refractivity contribution in [2.45, 2.75) is 12.1 Å². The van der Waals surface area contributed by atoms with Crippen LogP contribution in [0.2, 0.25) is 0 Å². The van der Waals surface area contributed by atoms with Crippen LogP contribution >= 0.6 is 0 Å². The van der Waals surface area contributed by atoms with E-state index in [0.29, 0.717) is 17.4 Å². The van der Waals surface area contributed by atoms with Gasteiger partial charge in [0.05, 0.1) is 19.9 Å². The average Bonchev–Trinajstić information content (AvgIpc) is 3.35. The minimum absolute atomic E-state index is 0.304. The second-order valence-corrected chi connectivity index (χ2v) is 8.01. The van der Waals surface area contributed by atoms with Crippen LogP contribution in [-0.4, -0.2) is 29.0 Å². The first kappa shape index (κ1) is 20.3. The molecule has 2 unspecified atom stereocenters. The van der Waals surface area contributed by atoms with Crippen LogP contribution in [0.4, 0.5) is 10.3 Å². The van der Waals surface area contributed by atoms with Gasteiger partial charge in [-0.15, -0.1) is 0 Å². The summed E-state index contributed by atoms with van der Waals surface area (Å²) in [6.45, 7) is 0. The van der Waals surface area contributed by atoms with Gasteiger partial charge in [0.25, 0.3) is 0 Å². The smallest absolute Gasteiger partial charge is 0.226 e. The highest BCUT2D eigenvalue weighted by molar-refractivity contribution is 5.85. The molecule has 4 aromatic rings. The summed E-state index contributed by atoms with van der Waals surface area (Å²) < 4.78 is 33.6. The van der Waals surface area contributed by atoms with Gasteiger partial charge in [0, 0.05) is 16.7 Å². The van der Waals surface area contributed by atoms with Crippen LogP contribution in [0.1, 0.15) is 28.8 Å². The number of halogens is 1. The zero-order valence-corrected chi connectivity index (χ0v) is 18.5. The molecule has 0 radical (unpaired) electrons. The number of nitrogens with zero attached hydrogens (tertiary/aromatic N) is 3. The largest absolute Gasteiger partial charge is 0.493 e. The number of anilines is 1. The lowest BCUT2D eigenvalue weighted by Crippen LogP contribution is -2.32. The van der Waals surface area contributed by atoms with Crippen molar-refractivity contribution < 1.29 is 18.6 Å². The Morgan fingerprint density at radius 3 is 2.59 bits per heavy atom. The van der Waals surface area contributed by atoms with Crippen molar-refractivity contribution in [1.29, 1.82) is 0 Å². The fourth-order valence-corrected chi connectivity index (χ4v) is 4.76. The predicted octanol–water partition coefficient (Wildman–Crippen LogP) is 4.99. The Hall–Kier alpha value is -4.33. The van der Waals surface area contributed by atoms with E-state index in [4.69, 9.17) is 14.2 Å². The lowest BCUT2D eigenvalue weighted by Gasteiger charge is -2.39. The maximum Gasteiger partial charge on any atom is 0.226 e. The molecule has 2 aliphatic heterocycles. The van der Waals surface area contributed by atoms with E-state index < -0.39 is 6.10 Å². The molecule has 0 spiro atoms. The summed E-state index contributed by atoms with van der Waals surface area (Å²) >= 11 is 0. The Labute approximate surface area is 195 Å². The molecular formula is C26H21FN4O3. The molecule has 7 nitrogen and oxygen atoms in total. The van der Waals surface area contributed by atoms with Crippen LogP contribution in [0.5, 0.6) is 17.2 Å². The molecule has 34 heavy (non-hydrogen) atoms. The van der Waals surface area contributed by atoms with E-state index in [1.807, 2.05) is 42.5 Å². The second-order valence-electron chi connectivity index (χ2n) is 8.01. The number of methoxy groups -OCH3 is 2. The third kappa shape index (κ3) is 3.02. The summed E-state index contributed by atoms with van der Waals surface area (Å²) in [6, 6.07) is 19.6. The summed E-state index contributed by atoms with van der Waals surface area (Å²) in [5.74, 6) is 2.22. The third-order valence-electron chi connectivity index (χ3n) is 6.22. The number of ether oxygens (including phenoxy) is 3. The topological polar surface area (TPSA) is 70.4 Å². The number of fused-ring (bicyclic) bond motifs is 3. The van der Waals surface area contributed by atoms with Crippen molar-refractivity contribution in [3.05, 3.63) is 101 Å². The van der Waals surface area contributed by atoms with E-state index in [9.17, 15) is 4.39 Å². The Bertz CT molecular complexity index is 1410. The fraction of sp³-hybridized carbons (Fsp3) is 0.154. The second kappa shape index (κ2) is 7.91. The first-order chi connectivity index (χ1) is 16.7. The Morgan fingerprint density at radius 1 is 0.971 bits per heavy atom.